The van der Waals surface area contributed by atoms with Crippen LogP contribution in [0.2, 0.25) is 0 Å². The van der Waals surface area contributed by atoms with E-state index < -0.39 is 0 Å². The summed E-state index contributed by atoms with van der Waals surface area (Å²) in [6.07, 6.45) is 16.1. The van der Waals surface area contributed by atoms with Gasteiger partial charge in [-0.3, -0.25) is 10.2 Å². The van der Waals surface area contributed by atoms with Crippen LogP contribution in [0.4, 0.5) is 0 Å². The monoisotopic (exact) mass is 678 g/mol. The number of nitrogens with one attached hydrogen (secondary N) is 4. The van der Waals surface area contributed by atoms with Gasteiger partial charge in [0.15, 0.2) is 0 Å². The van der Waals surface area contributed by atoms with Gasteiger partial charge >= 0.3 is 0 Å². The Morgan fingerprint density at radius 1 is 0.404 bits per heavy atom. The summed E-state index contributed by atoms with van der Waals surface area (Å²) >= 11 is 0. The average Bonchev–Trinajstić information content (AvgIpc) is 3.95. The molecule has 7 heterocycles. The van der Waals surface area contributed by atoms with Crippen molar-refractivity contribution in [1.29, 1.82) is 0 Å². The van der Waals surface area contributed by atoms with Gasteiger partial charge in [0.25, 0.3) is 0 Å². The molecule has 5 aromatic heterocycles. The summed E-state index contributed by atoms with van der Waals surface area (Å²) in [4.78, 5) is 18.5. The van der Waals surface area contributed by atoms with Crippen LogP contribution in [0.5, 0.6) is 0 Å². The van der Waals surface area contributed by atoms with Gasteiger partial charge in [-0.05, 0) is 123 Å². The zero-order valence-corrected chi connectivity index (χ0v) is 30.0. The SMILES string of the molecule is Cc1cc(C)c(-c2c3nc(c(-c4cn[nH]c4)c4ccc([nH]4)c(-c4c(C)cc(C)cc4C)c4nc(c(-c5cn[nH]c5)c5ccc2[nH]5)C=C4)C=C3)c(C)c1. The van der Waals surface area contributed by atoms with Crippen molar-refractivity contribution >= 4 is 46.4 Å². The molecular weight excluding hydrogens is 641 g/mol. The fourth-order valence-electron chi connectivity index (χ4n) is 8.26. The Bertz CT molecular complexity index is 2550. The molecule has 0 spiro atoms. The molecule has 0 saturated heterocycles. The van der Waals surface area contributed by atoms with Gasteiger partial charge in [0.05, 0.1) is 35.2 Å². The molecule has 0 amide bonds. The van der Waals surface area contributed by atoms with Gasteiger partial charge < -0.3 is 9.97 Å². The molecule has 0 saturated carbocycles. The number of aromatic nitrogens is 8. The van der Waals surface area contributed by atoms with Gasteiger partial charge in [-0.15, -0.1) is 0 Å². The quantitative estimate of drug-likeness (QED) is 0.148. The number of benzene rings is 2. The Hall–Kier alpha value is -6.54. The maximum Gasteiger partial charge on any atom is 0.0738 e. The zero-order valence-electron chi connectivity index (χ0n) is 30.0. The van der Waals surface area contributed by atoms with Crippen molar-refractivity contribution in [3.8, 4) is 44.5 Å². The highest BCUT2D eigenvalue weighted by Gasteiger charge is 2.21. The summed E-state index contributed by atoms with van der Waals surface area (Å²) in [5.74, 6) is 0. The Labute approximate surface area is 301 Å². The van der Waals surface area contributed by atoms with E-state index in [0.29, 0.717) is 0 Å². The molecule has 2 aromatic carbocycles. The summed E-state index contributed by atoms with van der Waals surface area (Å²) in [6.45, 7) is 13.0. The maximum atomic E-state index is 5.41. The van der Waals surface area contributed by atoms with Gasteiger partial charge in [-0.1, -0.05) is 35.4 Å². The van der Waals surface area contributed by atoms with Crippen molar-refractivity contribution in [1.82, 2.24) is 40.3 Å². The van der Waals surface area contributed by atoms with Crippen LogP contribution in [0, 0.1) is 41.5 Å². The van der Waals surface area contributed by atoms with Gasteiger partial charge in [0, 0.05) is 67.8 Å². The zero-order chi connectivity index (χ0) is 35.7. The Morgan fingerprint density at radius 2 is 0.731 bits per heavy atom. The number of nitrogens with zero attached hydrogens (tertiary/aromatic N) is 4. The fraction of sp³-hybridized carbons (Fsp3) is 0.136. The van der Waals surface area contributed by atoms with E-state index in [2.05, 4.69) is 145 Å². The minimum Gasteiger partial charge on any atom is -0.354 e. The lowest BCUT2D eigenvalue weighted by Gasteiger charge is -2.13. The minimum absolute atomic E-state index is 0.854. The number of rotatable bonds is 4. The highest BCUT2D eigenvalue weighted by Crippen LogP contribution is 2.40. The second kappa shape index (κ2) is 12.1. The highest BCUT2D eigenvalue weighted by atomic mass is 15.1. The molecule has 4 N–H and O–H groups in total. The van der Waals surface area contributed by atoms with E-state index in [1.807, 2.05) is 24.8 Å². The summed E-state index contributed by atoms with van der Waals surface area (Å²) in [7, 11) is 0. The third-order valence-corrected chi connectivity index (χ3v) is 10.2. The van der Waals surface area contributed by atoms with Gasteiger partial charge in [-0.25, -0.2) is 9.97 Å². The van der Waals surface area contributed by atoms with Crippen LogP contribution in [0.3, 0.4) is 0 Å². The lowest BCUT2D eigenvalue weighted by Crippen LogP contribution is -1.94. The predicted octanol–water partition coefficient (Wildman–Crippen LogP) is 10.6. The third kappa shape index (κ3) is 5.14. The second-order valence-electron chi connectivity index (χ2n) is 14.0. The first-order valence-electron chi connectivity index (χ1n) is 17.5. The van der Waals surface area contributed by atoms with Crippen LogP contribution >= 0.6 is 0 Å². The summed E-state index contributed by atoms with van der Waals surface area (Å²) < 4.78 is 0. The van der Waals surface area contributed by atoms with Crippen molar-refractivity contribution in [2.45, 2.75) is 41.5 Å². The smallest absolute Gasteiger partial charge is 0.0738 e. The number of aromatic amines is 4. The Morgan fingerprint density at radius 3 is 1.06 bits per heavy atom. The lowest BCUT2D eigenvalue weighted by molar-refractivity contribution is 1.09. The van der Waals surface area contributed by atoms with Crippen molar-refractivity contribution in [3.63, 3.8) is 0 Å². The predicted molar refractivity (Wildman–Crippen MR) is 213 cm³/mol. The van der Waals surface area contributed by atoms with Crippen LogP contribution in [0.15, 0.2) is 73.3 Å². The molecule has 8 nitrogen and oxygen atoms in total. The Balaban J connectivity index is 1.50. The van der Waals surface area contributed by atoms with Crippen LogP contribution in [-0.4, -0.2) is 40.3 Å². The topological polar surface area (TPSA) is 115 Å². The molecule has 0 fully saturated rings. The summed E-state index contributed by atoms with van der Waals surface area (Å²) in [5.41, 5.74) is 22.8. The molecule has 9 rings (SSSR count). The third-order valence-electron chi connectivity index (χ3n) is 10.2. The van der Waals surface area contributed by atoms with Crippen LogP contribution < -0.4 is 0 Å². The van der Waals surface area contributed by atoms with E-state index >= 15 is 0 Å². The van der Waals surface area contributed by atoms with Crippen LogP contribution in [0.1, 0.15) is 56.2 Å². The molecule has 0 radical (unpaired) electrons. The average molecular weight is 679 g/mol. The molecule has 0 atom stereocenters. The number of hydrogen-bond donors (Lipinski definition) is 4. The fourth-order valence-corrected chi connectivity index (χ4v) is 8.26. The van der Waals surface area contributed by atoms with Crippen molar-refractivity contribution < 1.29 is 0 Å². The Kier molecular flexibility index (Phi) is 7.29. The molecule has 2 aliphatic heterocycles. The normalized spacial score (nSPS) is 12.3. The van der Waals surface area contributed by atoms with Crippen LogP contribution in [0.25, 0.3) is 90.9 Å². The molecule has 0 aliphatic carbocycles. The van der Waals surface area contributed by atoms with E-state index in [1.165, 1.54) is 44.5 Å². The maximum absolute atomic E-state index is 5.41. The number of hydrogen-bond acceptors (Lipinski definition) is 4. The van der Waals surface area contributed by atoms with E-state index in [4.69, 9.17) is 9.97 Å². The van der Waals surface area contributed by atoms with Gasteiger partial charge in [0.1, 0.15) is 0 Å². The molecule has 8 bridgehead atoms. The molecule has 52 heavy (non-hydrogen) atoms. The number of aryl methyl sites for hydroxylation is 6. The highest BCUT2D eigenvalue weighted by molar-refractivity contribution is 6.00. The largest absolute Gasteiger partial charge is 0.354 e. The summed E-state index contributed by atoms with van der Waals surface area (Å²) in [5, 5.41) is 14.7. The van der Waals surface area contributed by atoms with E-state index in [-0.39, 0.29) is 0 Å². The standard InChI is InChI=1S/C44H38N8/c1-23-15-25(3)39(26(4)16-23)43-35-11-7-31(49-35)41(29-19-45-46-20-29)33-9-13-37(51-33)44(40-27(5)17-24(2)18-28(40)6)38-14-10-34(52-38)42(30-21-47-48-22-30)32-8-12-36(43)50-32/h7-22,49,52H,1-6H3,(H,45,46)(H,47,48). The molecule has 7 aromatic rings. The van der Waals surface area contributed by atoms with Crippen molar-refractivity contribution in [2.24, 2.45) is 0 Å². The first kappa shape index (κ1) is 31.4. The van der Waals surface area contributed by atoms with E-state index in [1.54, 1.807) is 0 Å². The first-order valence-corrected chi connectivity index (χ1v) is 17.5. The molecule has 8 heteroatoms. The van der Waals surface area contributed by atoms with E-state index in [0.717, 1.165) is 78.2 Å². The molecule has 0 unspecified atom stereocenters. The molecule has 2 aliphatic rings. The van der Waals surface area contributed by atoms with Gasteiger partial charge in [-0.2, -0.15) is 10.2 Å². The second-order valence-corrected chi connectivity index (χ2v) is 14.0. The van der Waals surface area contributed by atoms with Crippen molar-refractivity contribution in [2.75, 3.05) is 0 Å². The number of H-pyrrole nitrogens is 4. The summed E-state index contributed by atoms with van der Waals surface area (Å²) in [6, 6.07) is 17.6. The molecular formula is C44H38N8. The minimum atomic E-state index is 0.854. The van der Waals surface area contributed by atoms with Crippen LogP contribution in [-0.2, 0) is 0 Å². The molecule has 254 valence electrons. The van der Waals surface area contributed by atoms with Crippen molar-refractivity contribution in [3.05, 3.63) is 129 Å². The lowest BCUT2D eigenvalue weighted by atomic mass is 9.92. The number of fused-ring (bicyclic) bond motifs is 8. The first-order chi connectivity index (χ1) is 25.2. The van der Waals surface area contributed by atoms with Gasteiger partial charge in [0.2, 0.25) is 0 Å². The van der Waals surface area contributed by atoms with E-state index in [9.17, 15) is 0 Å².